The molecule has 1 heterocycles. The largest absolute Gasteiger partial charge is 0.506 e. The summed E-state index contributed by atoms with van der Waals surface area (Å²) >= 11 is 5.76. The average molecular weight is 356 g/mol. The van der Waals surface area contributed by atoms with Crippen LogP contribution in [0.2, 0.25) is 5.02 Å². The maximum absolute atomic E-state index is 12.0. The van der Waals surface area contributed by atoms with Gasteiger partial charge >= 0.3 is 5.82 Å². The molecule has 0 fully saturated rings. The van der Waals surface area contributed by atoms with Crippen LogP contribution in [0.1, 0.15) is 5.69 Å². The molecule has 0 aliphatic heterocycles. The zero-order valence-electron chi connectivity index (χ0n) is 12.1. The summed E-state index contributed by atoms with van der Waals surface area (Å²) in [5.74, 6) is -1.71. The second-order valence-electron chi connectivity index (χ2n) is 4.64. The van der Waals surface area contributed by atoms with Crippen LogP contribution in [0.4, 0.5) is 17.2 Å². The Morgan fingerprint density at radius 3 is 2.54 bits per heavy atom. The lowest BCUT2D eigenvalue weighted by molar-refractivity contribution is -0.389. The molecule has 11 nitrogen and oxygen atoms in total. The Hall–Kier alpha value is -3.21. The molecule has 0 saturated heterocycles. The number of hydrogen-bond acceptors (Lipinski definition) is 7. The fourth-order valence-corrected chi connectivity index (χ4v) is 2.05. The van der Waals surface area contributed by atoms with Crippen molar-refractivity contribution in [3.05, 3.63) is 49.1 Å². The maximum Gasteiger partial charge on any atom is 0.408 e. The van der Waals surface area contributed by atoms with E-state index in [2.05, 4.69) is 10.4 Å². The first-order chi connectivity index (χ1) is 11.2. The van der Waals surface area contributed by atoms with E-state index in [-0.39, 0.29) is 22.1 Å². The van der Waals surface area contributed by atoms with Gasteiger partial charge in [-0.15, -0.1) is 0 Å². The molecule has 0 unspecified atom stereocenters. The van der Waals surface area contributed by atoms with Crippen molar-refractivity contribution in [3.8, 4) is 5.75 Å². The number of nitrogens with one attached hydrogen (secondary N) is 1. The molecule has 0 aliphatic rings. The smallest absolute Gasteiger partial charge is 0.408 e. The number of phenols is 1. The van der Waals surface area contributed by atoms with Crippen molar-refractivity contribution in [2.75, 3.05) is 5.32 Å². The molecule has 1 aromatic carbocycles. The first kappa shape index (κ1) is 17.1. The van der Waals surface area contributed by atoms with Crippen molar-refractivity contribution in [3.63, 3.8) is 0 Å². The Kier molecular flexibility index (Phi) is 4.64. The number of halogens is 1. The van der Waals surface area contributed by atoms with Crippen molar-refractivity contribution in [1.82, 2.24) is 9.78 Å². The lowest BCUT2D eigenvalue weighted by Crippen LogP contribution is -2.20. The summed E-state index contributed by atoms with van der Waals surface area (Å²) in [7, 11) is 0. The van der Waals surface area contributed by atoms with Crippen LogP contribution in [-0.2, 0) is 11.3 Å². The van der Waals surface area contributed by atoms with Crippen LogP contribution in [0.5, 0.6) is 5.75 Å². The van der Waals surface area contributed by atoms with E-state index in [4.69, 9.17) is 11.6 Å². The lowest BCUT2D eigenvalue weighted by atomic mass is 10.2. The van der Waals surface area contributed by atoms with Crippen molar-refractivity contribution in [1.29, 1.82) is 0 Å². The number of carbonyl (C=O) groups excluding carboxylic acids is 1. The van der Waals surface area contributed by atoms with E-state index in [9.17, 15) is 30.1 Å². The molecule has 2 aromatic rings. The average Bonchev–Trinajstić information content (AvgIpc) is 2.77. The van der Waals surface area contributed by atoms with Crippen molar-refractivity contribution >= 4 is 34.7 Å². The van der Waals surface area contributed by atoms with E-state index in [0.29, 0.717) is 0 Å². The maximum atomic E-state index is 12.0. The highest BCUT2D eigenvalue weighted by atomic mass is 35.5. The molecule has 0 radical (unpaired) electrons. The van der Waals surface area contributed by atoms with Crippen LogP contribution in [0.3, 0.4) is 0 Å². The highest BCUT2D eigenvalue weighted by Gasteiger charge is 2.25. The Bertz CT molecular complexity index is 849. The van der Waals surface area contributed by atoms with Gasteiger partial charge in [0.1, 0.15) is 12.3 Å². The second-order valence-corrected chi connectivity index (χ2v) is 5.02. The summed E-state index contributed by atoms with van der Waals surface area (Å²) in [6.07, 6.45) is 0. The number of aromatic hydroxyl groups is 1. The van der Waals surface area contributed by atoms with Crippen molar-refractivity contribution in [2.24, 2.45) is 0 Å². The molecule has 126 valence electrons. The molecule has 1 amide bonds. The summed E-state index contributed by atoms with van der Waals surface area (Å²) in [6, 6.07) is 3.16. The quantitative estimate of drug-likeness (QED) is 0.472. The molecule has 12 heteroatoms. The van der Waals surface area contributed by atoms with Gasteiger partial charge in [0, 0.05) is 6.07 Å². The number of nitrogens with zero attached hydrogens (tertiary/aromatic N) is 4. The highest BCUT2D eigenvalue weighted by Crippen LogP contribution is 2.28. The number of phenolic OH excluding ortho intramolecular Hbond substituents is 1. The van der Waals surface area contributed by atoms with Crippen molar-refractivity contribution < 1.29 is 19.7 Å². The molecule has 0 spiro atoms. The Morgan fingerprint density at radius 1 is 1.38 bits per heavy atom. The minimum absolute atomic E-state index is 0.0454. The molecule has 0 saturated carbocycles. The van der Waals surface area contributed by atoms with Gasteiger partial charge in [-0.3, -0.25) is 14.9 Å². The van der Waals surface area contributed by atoms with Gasteiger partial charge in [0.2, 0.25) is 5.91 Å². The molecular weight excluding hydrogens is 346 g/mol. The van der Waals surface area contributed by atoms with Crippen LogP contribution in [0.25, 0.3) is 0 Å². The van der Waals surface area contributed by atoms with Crippen LogP contribution in [0, 0.1) is 27.2 Å². The van der Waals surface area contributed by atoms with Crippen LogP contribution < -0.4 is 5.32 Å². The van der Waals surface area contributed by atoms with Crippen LogP contribution in [-0.4, -0.2) is 30.6 Å². The zero-order valence-corrected chi connectivity index (χ0v) is 12.9. The SMILES string of the molecule is Cc1c(Cl)c([N+](=O)[O-])nn1CC(=O)Nc1ccc([N+](=O)[O-])cc1O. The van der Waals surface area contributed by atoms with Gasteiger partial charge in [0.25, 0.3) is 5.69 Å². The summed E-state index contributed by atoms with van der Waals surface area (Å²) in [4.78, 5) is 31.8. The van der Waals surface area contributed by atoms with Gasteiger partial charge in [-0.25, -0.2) is 0 Å². The number of hydrogen-bond donors (Lipinski definition) is 2. The number of benzene rings is 1. The van der Waals surface area contributed by atoms with E-state index in [1.165, 1.54) is 6.92 Å². The third kappa shape index (κ3) is 3.41. The highest BCUT2D eigenvalue weighted by molar-refractivity contribution is 6.33. The van der Waals surface area contributed by atoms with Gasteiger partial charge in [-0.2, -0.15) is 4.68 Å². The number of nitro groups is 2. The number of anilines is 1. The van der Waals surface area contributed by atoms with Crippen LogP contribution >= 0.6 is 11.6 Å². The molecular formula is C12H10ClN5O6. The Balaban J connectivity index is 2.16. The first-order valence-corrected chi connectivity index (χ1v) is 6.73. The number of aromatic nitrogens is 2. The predicted octanol–water partition coefficient (Wildman–Crippen LogP) is 2.01. The van der Waals surface area contributed by atoms with Gasteiger partial charge < -0.3 is 20.5 Å². The Labute approximate surface area is 138 Å². The van der Waals surface area contributed by atoms with Crippen molar-refractivity contribution in [2.45, 2.75) is 13.5 Å². The molecule has 2 rings (SSSR count). The molecule has 1 aromatic heterocycles. The molecule has 2 N–H and O–H groups in total. The topological polar surface area (TPSA) is 153 Å². The summed E-state index contributed by atoms with van der Waals surface area (Å²) in [5, 5.41) is 36.8. The Morgan fingerprint density at radius 2 is 2.04 bits per heavy atom. The second kappa shape index (κ2) is 6.50. The first-order valence-electron chi connectivity index (χ1n) is 6.35. The normalized spacial score (nSPS) is 10.4. The monoisotopic (exact) mass is 355 g/mol. The summed E-state index contributed by atoms with van der Waals surface area (Å²) in [5.41, 5.74) is -0.154. The number of rotatable bonds is 5. The van der Waals surface area contributed by atoms with Gasteiger partial charge in [0.05, 0.1) is 27.5 Å². The number of nitro benzene ring substituents is 1. The lowest BCUT2D eigenvalue weighted by Gasteiger charge is -2.06. The number of amides is 1. The standard InChI is InChI=1S/C12H10ClN5O6/c1-6-11(13)12(18(23)24)15-16(6)5-10(20)14-8-3-2-7(17(21)22)4-9(8)19/h2-4,19H,5H2,1H3,(H,14,20). The summed E-state index contributed by atoms with van der Waals surface area (Å²) in [6.45, 7) is 1.06. The van der Waals surface area contributed by atoms with E-state index in [1.807, 2.05) is 0 Å². The van der Waals surface area contributed by atoms with Crippen LogP contribution in [0.15, 0.2) is 18.2 Å². The molecule has 0 bridgehead atoms. The minimum Gasteiger partial charge on any atom is -0.506 e. The molecule has 0 atom stereocenters. The predicted molar refractivity (Wildman–Crippen MR) is 82.0 cm³/mol. The molecule has 0 aliphatic carbocycles. The number of non-ortho nitro benzene ring substituents is 1. The zero-order chi connectivity index (χ0) is 18.0. The van der Waals surface area contributed by atoms with E-state index >= 15 is 0 Å². The third-order valence-electron chi connectivity index (χ3n) is 3.05. The fourth-order valence-electron chi connectivity index (χ4n) is 1.84. The molecule has 24 heavy (non-hydrogen) atoms. The summed E-state index contributed by atoms with van der Waals surface area (Å²) < 4.78 is 1.04. The van der Waals surface area contributed by atoms with Gasteiger partial charge in [-0.05, 0) is 17.9 Å². The minimum atomic E-state index is -0.772. The van der Waals surface area contributed by atoms with E-state index in [0.717, 1.165) is 22.9 Å². The third-order valence-corrected chi connectivity index (χ3v) is 3.49. The fraction of sp³-hybridized carbons (Fsp3) is 0.167. The van der Waals surface area contributed by atoms with E-state index < -0.39 is 33.9 Å². The van der Waals surface area contributed by atoms with Gasteiger partial charge in [0.15, 0.2) is 5.02 Å². The number of carbonyl (C=O) groups is 1. The van der Waals surface area contributed by atoms with E-state index in [1.54, 1.807) is 0 Å². The van der Waals surface area contributed by atoms with Gasteiger partial charge in [-0.1, -0.05) is 11.6 Å².